The lowest BCUT2D eigenvalue weighted by molar-refractivity contribution is -0.384. The Bertz CT molecular complexity index is 1460. The van der Waals surface area contributed by atoms with Gasteiger partial charge >= 0.3 is 0 Å². The summed E-state index contributed by atoms with van der Waals surface area (Å²) < 4.78 is 6.56. The third-order valence-electron chi connectivity index (χ3n) is 5.04. The molecule has 10 heteroatoms. The average molecular weight is 498 g/mol. The third-order valence-corrected chi connectivity index (χ3v) is 6.49. The SMILES string of the molecule is Cc1csc(N2C(=O)c3oc4ccc(Br)cc4c(=O)c3[C@H]2c2cccc([N+](=O)[O-])c2)n1. The Labute approximate surface area is 187 Å². The lowest BCUT2D eigenvalue weighted by Crippen LogP contribution is -2.29. The highest BCUT2D eigenvalue weighted by molar-refractivity contribution is 9.10. The number of thiazole rings is 1. The molecule has 8 nitrogen and oxygen atoms in total. The van der Waals surface area contributed by atoms with Crippen molar-refractivity contribution in [2.45, 2.75) is 13.0 Å². The number of non-ortho nitro benzene ring substituents is 1. The molecule has 2 aromatic heterocycles. The fourth-order valence-electron chi connectivity index (χ4n) is 3.72. The number of hydrogen-bond acceptors (Lipinski definition) is 7. The van der Waals surface area contributed by atoms with Crippen molar-refractivity contribution in [3.05, 3.63) is 95.2 Å². The van der Waals surface area contributed by atoms with Crippen molar-refractivity contribution in [3.63, 3.8) is 0 Å². The largest absolute Gasteiger partial charge is 0.450 e. The number of rotatable bonds is 3. The Morgan fingerprint density at radius 2 is 2.03 bits per heavy atom. The maximum atomic E-state index is 13.5. The summed E-state index contributed by atoms with van der Waals surface area (Å²) in [5.41, 5.74) is 1.07. The van der Waals surface area contributed by atoms with Gasteiger partial charge in [0.1, 0.15) is 5.58 Å². The molecule has 0 aliphatic carbocycles. The Morgan fingerprint density at radius 3 is 2.74 bits per heavy atom. The number of nitrogens with zero attached hydrogens (tertiary/aromatic N) is 3. The molecule has 0 saturated carbocycles. The predicted molar refractivity (Wildman–Crippen MR) is 119 cm³/mol. The van der Waals surface area contributed by atoms with Crippen LogP contribution in [0, 0.1) is 17.0 Å². The minimum Gasteiger partial charge on any atom is -0.450 e. The zero-order valence-corrected chi connectivity index (χ0v) is 18.3. The molecular weight excluding hydrogens is 486 g/mol. The van der Waals surface area contributed by atoms with Crippen LogP contribution in [0.1, 0.15) is 33.4 Å². The number of aromatic nitrogens is 1. The molecule has 0 radical (unpaired) electrons. The molecule has 31 heavy (non-hydrogen) atoms. The number of carbonyl (C=O) groups excluding carboxylic acids is 1. The Hall–Kier alpha value is -3.37. The van der Waals surface area contributed by atoms with Crippen LogP contribution in [0.4, 0.5) is 10.8 Å². The second kappa shape index (κ2) is 7.10. The van der Waals surface area contributed by atoms with Crippen LogP contribution in [0.3, 0.4) is 0 Å². The van der Waals surface area contributed by atoms with Crippen molar-refractivity contribution in [1.29, 1.82) is 0 Å². The van der Waals surface area contributed by atoms with Crippen LogP contribution in [-0.4, -0.2) is 15.8 Å². The number of fused-ring (bicyclic) bond motifs is 2. The Kier molecular flexibility index (Phi) is 4.49. The van der Waals surface area contributed by atoms with Gasteiger partial charge in [0.05, 0.1) is 27.6 Å². The normalized spacial score (nSPS) is 15.5. The predicted octanol–water partition coefficient (Wildman–Crippen LogP) is 4.98. The highest BCUT2D eigenvalue weighted by atomic mass is 79.9. The summed E-state index contributed by atoms with van der Waals surface area (Å²) in [6, 6.07) is 9.98. The molecule has 4 aromatic rings. The minimum absolute atomic E-state index is 0.0795. The van der Waals surface area contributed by atoms with Gasteiger partial charge in [-0.15, -0.1) is 11.3 Å². The average Bonchev–Trinajstić information content (AvgIpc) is 3.30. The van der Waals surface area contributed by atoms with E-state index in [2.05, 4.69) is 20.9 Å². The van der Waals surface area contributed by atoms with Gasteiger partial charge in [-0.3, -0.25) is 24.6 Å². The molecule has 0 spiro atoms. The Balaban J connectivity index is 1.83. The molecule has 3 heterocycles. The first-order valence-electron chi connectivity index (χ1n) is 9.11. The van der Waals surface area contributed by atoms with E-state index >= 15 is 0 Å². The van der Waals surface area contributed by atoms with E-state index in [4.69, 9.17) is 4.42 Å². The highest BCUT2D eigenvalue weighted by Crippen LogP contribution is 2.42. The van der Waals surface area contributed by atoms with E-state index < -0.39 is 16.9 Å². The summed E-state index contributed by atoms with van der Waals surface area (Å²) in [4.78, 5) is 43.5. The molecule has 0 saturated heterocycles. The molecule has 2 aromatic carbocycles. The molecule has 0 N–H and O–H groups in total. The van der Waals surface area contributed by atoms with Gasteiger partial charge in [0, 0.05) is 22.0 Å². The van der Waals surface area contributed by atoms with E-state index in [1.807, 2.05) is 0 Å². The van der Waals surface area contributed by atoms with Gasteiger partial charge in [0.2, 0.25) is 5.76 Å². The molecule has 0 fully saturated rings. The van der Waals surface area contributed by atoms with Crippen molar-refractivity contribution in [2.75, 3.05) is 4.90 Å². The number of aryl methyl sites for hydroxylation is 1. The standard InChI is InChI=1S/C21H12BrN3O5S/c1-10-9-31-21(23-10)24-17(11-3-2-4-13(7-11)25(28)29)16-18(26)14-8-12(22)5-6-15(14)30-19(16)20(24)27/h2-9,17H,1H3/t17-/m1/s1. The van der Waals surface area contributed by atoms with E-state index in [0.29, 0.717) is 20.6 Å². The first kappa shape index (κ1) is 19.6. The zero-order valence-electron chi connectivity index (χ0n) is 15.9. The number of amides is 1. The lowest BCUT2D eigenvalue weighted by Gasteiger charge is -2.22. The van der Waals surface area contributed by atoms with Crippen LogP contribution >= 0.6 is 27.3 Å². The zero-order chi connectivity index (χ0) is 21.9. The summed E-state index contributed by atoms with van der Waals surface area (Å²) >= 11 is 4.61. The van der Waals surface area contributed by atoms with Crippen LogP contribution < -0.4 is 10.3 Å². The number of nitro groups is 1. The van der Waals surface area contributed by atoms with Crippen LogP contribution in [0.15, 0.2) is 61.5 Å². The number of halogens is 1. The summed E-state index contributed by atoms with van der Waals surface area (Å²) in [6.45, 7) is 1.80. The first-order chi connectivity index (χ1) is 14.8. The number of hydrogen-bond donors (Lipinski definition) is 0. The van der Waals surface area contributed by atoms with Gasteiger partial charge in [0.15, 0.2) is 10.6 Å². The van der Waals surface area contributed by atoms with E-state index in [1.165, 1.54) is 34.4 Å². The summed E-state index contributed by atoms with van der Waals surface area (Å²) in [5, 5.41) is 13.8. The van der Waals surface area contributed by atoms with Crippen LogP contribution in [0.2, 0.25) is 0 Å². The summed E-state index contributed by atoms with van der Waals surface area (Å²) in [6.07, 6.45) is 0. The van der Waals surface area contributed by atoms with Crippen molar-refractivity contribution < 1.29 is 14.1 Å². The Morgan fingerprint density at radius 1 is 1.23 bits per heavy atom. The molecule has 5 rings (SSSR count). The summed E-state index contributed by atoms with van der Waals surface area (Å²) in [5.74, 6) is -0.591. The number of nitro benzene ring substituents is 1. The van der Waals surface area contributed by atoms with Crippen molar-refractivity contribution in [3.8, 4) is 0 Å². The van der Waals surface area contributed by atoms with Gasteiger partial charge in [0.25, 0.3) is 11.6 Å². The maximum absolute atomic E-state index is 13.5. The second-order valence-electron chi connectivity index (χ2n) is 7.02. The van der Waals surface area contributed by atoms with Gasteiger partial charge < -0.3 is 4.42 Å². The third kappa shape index (κ3) is 3.06. The van der Waals surface area contributed by atoms with Gasteiger partial charge in [-0.2, -0.15) is 0 Å². The van der Waals surface area contributed by atoms with E-state index in [-0.39, 0.29) is 28.0 Å². The molecule has 1 aliphatic heterocycles. The topological polar surface area (TPSA) is 107 Å². The molecule has 1 atom stereocenters. The van der Waals surface area contributed by atoms with Gasteiger partial charge in [-0.25, -0.2) is 4.98 Å². The van der Waals surface area contributed by atoms with Gasteiger partial charge in [-0.05, 0) is 30.7 Å². The molecule has 1 aliphatic rings. The van der Waals surface area contributed by atoms with E-state index in [9.17, 15) is 19.7 Å². The van der Waals surface area contributed by atoms with E-state index in [0.717, 1.165) is 5.69 Å². The first-order valence-corrected chi connectivity index (χ1v) is 10.8. The minimum atomic E-state index is -0.896. The quantitative estimate of drug-likeness (QED) is 0.291. The lowest BCUT2D eigenvalue weighted by atomic mass is 9.98. The highest BCUT2D eigenvalue weighted by Gasteiger charge is 2.45. The van der Waals surface area contributed by atoms with Gasteiger partial charge in [-0.1, -0.05) is 28.1 Å². The smallest absolute Gasteiger partial charge is 0.297 e. The number of anilines is 1. The van der Waals surface area contributed by atoms with Crippen molar-refractivity contribution in [2.24, 2.45) is 0 Å². The molecule has 154 valence electrons. The van der Waals surface area contributed by atoms with Crippen LogP contribution in [0.25, 0.3) is 11.0 Å². The van der Waals surface area contributed by atoms with Crippen LogP contribution in [0.5, 0.6) is 0 Å². The fourth-order valence-corrected chi connectivity index (χ4v) is 4.91. The van der Waals surface area contributed by atoms with Crippen LogP contribution in [-0.2, 0) is 0 Å². The van der Waals surface area contributed by atoms with Crippen molar-refractivity contribution >= 4 is 55.0 Å². The van der Waals surface area contributed by atoms with Crippen molar-refractivity contribution in [1.82, 2.24) is 4.98 Å². The number of carbonyl (C=O) groups is 1. The number of benzene rings is 2. The second-order valence-corrected chi connectivity index (χ2v) is 8.77. The maximum Gasteiger partial charge on any atom is 0.297 e. The summed E-state index contributed by atoms with van der Waals surface area (Å²) in [7, 11) is 0. The monoisotopic (exact) mass is 497 g/mol. The molecule has 1 amide bonds. The molecular formula is C21H12BrN3O5S. The molecule has 0 bridgehead atoms. The van der Waals surface area contributed by atoms with E-state index in [1.54, 1.807) is 36.6 Å². The molecule has 0 unspecified atom stereocenters. The fraction of sp³-hybridized carbons (Fsp3) is 0.0952.